The van der Waals surface area contributed by atoms with Crippen molar-refractivity contribution in [3.63, 3.8) is 0 Å². The molecule has 0 aliphatic heterocycles. The van der Waals surface area contributed by atoms with Crippen molar-refractivity contribution in [3.05, 3.63) is 91.8 Å². The Hall–Kier alpha value is -3.16. The highest BCUT2D eigenvalue weighted by Crippen LogP contribution is 2.17. The average Bonchev–Trinajstić information content (AvgIpc) is 3.14. The largest absolute Gasteiger partial charge is 0.383 e. The van der Waals surface area contributed by atoms with Crippen LogP contribution in [-0.4, -0.2) is 32.4 Å². The molecule has 0 N–H and O–H groups in total. The predicted molar refractivity (Wildman–Crippen MR) is 117 cm³/mol. The Morgan fingerprint density at radius 2 is 1.73 bits per heavy atom. The van der Waals surface area contributed by atoms with Gasteiger partial charge in [0.05, 0.1) is 25.2 Å². The van der Waals surface area contributed by atoms with E-state index in [2.05, 4.69) is 4.98 Å². The SMILES string of the molecule is COCCn1c(=O)c2c(ncn2Cc2ccc(C)cc2)n(-c2ccc(Cl)cc2)c1=O. The molecule has 0 atom stereocenters. The third-order valence-corrected chi connectivity index (χ3v) is 5.23. The zero-order valence-corrected chi connectivity index (χ0v) is 17.5. The van der Waals surface area contributed by atoms with Crippen LogP contribution in [0.15, 0.2) is 64.4 Å². The fraction of sp³-hybridized carbons (Fsp3) is 0.227. The van der Waals surface area contributed by atoms with E-state index in [1.54, 1.807) is 35.2 Å². The molecule has 0 radical (unpaired) electrons. The van der Waals surface area contributed by atoms with Gasteiger partial charge in [-0.3, -0.25) is 9.36 Å². The number of aromatic nitrogens is 4. The summed E-state index contributed by atoms with van der Waals surface area (Å²) in [6.07, 6.45) is 1.60. The van der Waals surface area contributed by atoms with Gasteiger partial charge in [-0.05, 0) is 36.8 Å². The summed E-state index contributed by atoms with van der Waals surface area (Å²) in [6.45, 7) is 2.88. The van der Waals surface area contributed by atoms with Gasteiger partial charge in [-0.1, -0.05) is 41.4 Å². The number of imidazole rings is 1. The van der Waals surface area contributed by atoms with Crippen LogP contribution in [0, 0.1) is 6.92 Å². The number of aryl methyl sites for hydroxylation is 1. The number of halogens is 1. The van der Waals surface area contributed by atoms with E-state index >= 15 is 0 Å². The van der Waals surface area contributed by atoms with Crippen molar-refractivity contribution in [1.82, 2.24) is 18.7 Å². The quantitative estimate of drug-likeness (QED) is 0.477. The van der Waals surface area contributed by atoms with Gasteiger partial charge in [0.15, 0.2) is 11.2 Å². The van der Waals surface area contributed by atoms with Crippen molar-refractivity contribution < 1.29 is 4.74 Å². The van der Waals surface area contributed by atoms with Crippen molar-refractivity contribution >= 4 is 22.8 Å². The van der Waals surface area contributed by atoms with E-state index in [0.717, 1.165) is 11.1 Å². The first-order valence-electron chi connectivity index (χ1n) is 9.50. The molecule has 0 fully saturated rings. The lowest BCUT2D eigenvalue weighted by Crippen LogP contribution is -2.41. The second-order valence-corrected chi connectivity index (χ2v) is 7.51. The first-order valence-corrected chi connectivity index (χ1v) is 9.88. The van der Waals surface area contributed by atoms with E-state index in [4.69, 9.17) is 16.3 Å². The lowest BCUT2D eigenvalue weighted by Gasteiger charge is -2.13. The summed E-state index contributed by atoms with van der Waals surface area (Å²) in [4.78, 5) is 30.8. The summed E-state index contributed by atoms with van der Waals surface area (Å²) < 4.78 is 9.50. The number of nitrogens with zero attached hydrogens (tertiary/aromatic N) is 4. The molecule has 30 heavy (non-hydrogen) atoms. The van der Waals surface area contributed by atoms with Gasteiger partial charge in [-0.25, -0.2) is 14.3 Å². The van der Waals surface area contributed by atoms with Crippen LogP contribution in [0.4, 0.5) is 0 Å². The average molecular weight is 425 g/mol. The molecule has 2 aromatic heterocycles. The molecule has 0 amide bonds. The zero-order valence-electron chi connectivity index (χ0n) is 16.7. The van der Waals surface area contributed by atoms with Crippen molar-refractivity contribution in [2.75, 3.05) is 13.7 Å². The highest BCUT2D eigenvalue weighted by molar-refractivity contribution is 6.30. The molecule has 8 heteroatoms. The highest BCUT2D eigenvalue weighted by atomic mass is 35.5. The van der Waals surface area contributed by atoms with Crippen LogP contribution >= 0.6 is 11.6 Å². The molecular formula is C22H21ClN4O3. The van der Waals surface area contributed by atoms with E-state index in [1.165, 1.54) is 16.2 Å². The molecule has 0 unspecified atom stereocenters. The molecule has 0 aliphatic carbocycles. The van der Waals surface area contributed by atoms with Crippen molar-refractivity contribution in [3.8, 4) is 5.69 Å². The number of ether oxygens (including phenoxy) is 1. The first kappa shape index (κ1) is 20.1. The van der Waals surface area contributed by atoms with Crippen LogP contribution in [-0.2, 0) is 17.8 Å². The molecule has 0 saturated heterocycles. The van der Waals surface area contributed by atoms with Crippen LogP contribution in [0.1, 0.15) is 11.1 Å². The maximum Gasteiger partial charge on any atom is 0.337 e. The van der Waals surface area contributed by atoms with Crippen molar-refractivity contribution in [2.45, 2.75) is 20.0 Å². The van der Waals surface area contributed by atoms with Gasteiger partial charge in [0, 0.05) is 18.7 Å². The standard InChI is InChI=1S/C22H21ClN4O3/c1-15-3-5-16(6-4-15)13-25-14-24-20-19(25)21(28)26(11-12-30-2)22(29)27(20)18-9-7-17(23)8-10-18/h3-10,14H,11-13H2,1-2H3. The highest BCUT2D eigenvalue weighted by Gasteiger charge is 2.19. The number of fused-ring (bicyclic) bond motifs is 1. The lowest BCUT2D eigenvalue weighted by molar-refractivity contribution is 0.184. The number of hydrogen-bond acceptors (Lipinski definition) is 4. The Morgan fingerprint density at radius 1 is 1.03 bits per heavy atom. The monoisotopic (exact) mass is 424 g/mol. The van der Waals surface area contributed by atoms with Crippen LogP contribution in [0.3, 0.4) is 0 Å². The zero-order chi connectivity index (χ0) is 21.3. The Balaban J connectivity index is 1.95. The summed E-state index contributed by atoms with van der Waals surface area (Å²) in [5.41, 5.74) is 2.60. The summed E-state index contributed by atoms with van der Waals surface area (Å²) in [5.74, 6) is 0. The molecule has 0 spiro atoms. The van der Waals surface area contributed by atoms with Gasteiger partial charge in [-0.2, -0.15) is 0 Å². The normalized spacial score (nSPS) is 11.3. The van der Waals surface area contributed by atoms with Gasteiger partial charge in [0.2, 0.25) is 0 Å². The van der Waals surface area contributed by atoms with E-state index in [9.17, 15) is 9.59 Å². The maximum absolute atomic E-state index is 13.2. The van der Waals surface area contributed by atoms with Gasteiger partial charge in [0.1, 0.15) is 0 Å². The minimum atomic E-state index is -0.465. The third-order valence-electron chi connectivity index (χ3n) is 4.98. The van der Waals surface area contributed by atoms with Gasteiger partial charge in [0.25, 0.3) is 5.56 Å². The Labute approximate surface area is 177 Å². The molecule has 2 heterocycles. The van der Waals surface area contributed by atoms with E-state index in [1.807, 2.05) is 31.2 Å². The van der Waals surface area contributed by atoms with E-state index in [-0.39, 0.29) is 18.7 Å². The molecule has 4 aromatic rings. The first-order chi connectivity index (χ1) is 14.5. The van der Waals surface area contributed by atoms with Crippen molar-refractivity contribution in [2.24, 2.45) is 0 Å². The Bertz CT molecular complexity index is 1300. The van der Waals surface area contributed by atoms with E-state index < -0.39 is 5.69 Å². The van der Waals surface area contributed by atoms with Crippen molar-refractivity contribution in [1.29, 1.82) is 0 Å². The predicted octanol–water partition coefficient (Wildman–Crippen LogP) is 3.01. The molecule has 2 aromatic carbocycles. The van der Waals surface area contributed by atoms with Crippen LogP contribution in [0.25, 0.3) is 16.9 Å². The molecule has 4 rings (SSSR count). The second-order valence-electron chi connectivity index (χ2n) is 7.07. The lowest BCUT2D eigenvalue weighted by atomic mass is 10.1. The van der Waals surface area contributed by atoms with Gasteiger partial charge in [-0.15, -0.1) is 0 Å². The Morgan fingerprint density at radius 3 is 2.40 bits per heavy atom. The third kappa shape index (κ3) is 3.69. The number of benzene rings is 2. The van der Waals surface area contributed by atoms with Gasteiger partial charge >= 0.3 is 5.69 Å². The minimum absolute atomic E-state index is 0.146. The number of methoxy groups -OCH3 is 1. The summed E-state index contributed by atoms with van der Waals surface area (Å²) in [6, 6.07) is 14.9. The molecule has 0 saturated carbocycles. The van der Waals surface area contributed by atoms with Crippen LogP contribution < -0.4 is 11.2 Å². The molecule has 0 bridgehead atoms. The smallest absolute Gasteiger partial charge is 0.337 e. The second kappa shape index (κ2) is 8.30. The molecule has 154 valence electrons. The molecule has 7 nitrogen and oxygen atoms in total. The fourth-order valence-electron chi connectivity index (χ4n) is 3.39. The minimum Gasteiger partial charge on any atom is -0.383 e. The summed E-state index contributed by atoms with van der Waals surface area (Å²) in [5, 5.41) is 0.556. The van der Waals surface area contributed by atoms with Crippen LogP contribution in [0.2, 0.25) is 5.02 Å². The van der Waals surface area contributed by atoms with Gasteiger partial charge < -0.3 is 9.30 Å². The topological polar surface area (TPSA) is 71.1 Å². The molecule has 0 aliphatic rings. The molecular weight excluding hydrogens is 404 g/mol. The maximum atomic E-state index is 13.2. The van der Waals surface area contributed by atoms with Crippen LogP contribution in [0.5, 0.6) is 0 Å². The fourth-order valence-corrected chi connectivity index (χ4v) is 3.52. The Kier molecular flexibility index (Phi) is 5.57. The summed E-state index contributed by atoms with van der Waals surface area (Å²) in [7, 11) is 1.53. The van der Waals surface area contributed by atoms with E-state index in [0.29, 0.717) is 28.4 Å². The number of rotatable bonds is 6. The summed E-state index contributed by atoms with van der Waals surface area (Å²) >= 11 is 6.01. The number of hydrogen-bond donors (Lipinski definition) is 0.